The topological polar surface area (TPSA) is 79.8 Å². The van der Waals surface area contributed by atoms with Gasteiger partial charge in [-0.1, -0.05) is 30.3 Å². The number of likely N-dealkylation sites (tertiary alicyclic amines) is 2. The number of furan rings is 1. The lowest BCUT2D eigenvalue weighted by Crippen LogP contribution is -2.39. The third-order valence-corrected chi connectivity index (χ3v) is 6.92. The lowest BCUT2D eigenvalue weighted by molar-refractivity contribution is 0.0638. The highest BCUT2D eigenvalue weighted by Crippen LogP contribution is 2.31. The number of amides is 2. The van der Waals surface area contributed by atoms with Crippen molar-refractivity contribution >= 4 is 22.8 Å². The van der Waals surface area contributed by atoms with Crippen LogP contribution in [0.4, 0.5) is 0 Å². The molecule has 7 heteroatoms. The summed E-state index contributed by atoms with van der Waals surface area (Å²) in [5, 5.41) is 5.18. The standard InChI is InChI=1S/C25H29N3O4/c1-16-6-5-11-28(15-16)24(29)22-14-20(26-32-22)18-9-12-27(13-10-18)25(30)23-17(2)19-7-3-4-8-21(19)31-23/h3-4,7-8,14,16,18H,5-6,9-13,15H2,1-2H3. The SMILES string of the molecule is Cc1c(C(=O)N2CCC(c3cc(C(=O)N4CCCC(C)C4)on3)CC2)oc2ccccc12. The molecular weight excluding hydrogens is 406 g/mol. The number of benzene rings is 1. The fraction of sp³-hybridized carbons (Fsp3) is 0.480. The van der Waals surface area contributed by atoms with Crippen LogP contribution in [0.25, 0.3) is 11.0 Å². The van der Waals surface area contributed by atoms with E-state index in [9.17, 15) is 9.59 Å². The molecular formula is C25H29N3O4. The summed E-state index contributed by atoms with van der Waals surface area (Å²) in [7, 11) is 0. The van der Waals surface area contributed by atoms with Crippen LogP contribution in [0.1, 0.15) is 70.9 Å². The van der Waals surface area contributed by atoms with Crippen molar-refractivity contribution in [1.82, 2.24) is 15.0 Å². The summed E-state index contributed by atoms with van der Waals surface area (Å²) in [4.78, 5) is 29.6. The molecule has 2 aliphatic rings. The van der Waals surface area contributed by atoms with Gasteiger partial charge in [0, 0.05) is 49.1 Å². The molecule has 2 aliphatic heterocycles. The van der Waals surface area contributed by atoms with Gasteiger partial charge in [0.15, 0.2) is 5.76 Å². The Bertz CT molecular complexity index is 1140. The number of aromatic nitrogens is 1. The molecule has 1 unspecified atom stereocenters. The highest BCUT2D eigenvalue weighted by atomic mass is 16.5. The molecule has 7 nitrogen and oxygen atoms in total. The van der Waals surface area contributed by atoms with Gasteiger partial charge in [0.25, 0.3) is 11.8 Å². The summed E-state index contributed by atoms with van der Waals surface area (Å²) in [6, 6.07) is 9.53. The first kappa shape index (κ1) is 20.8. The van der Waals surface area contributed by atoms with Gasteiger partial charge in [0.1, 0.15) is 5.58 Å². The number of carbonyl (C=O) groups excluding carboxylic acids is 2. The van der Waals surface area contributed by atoms with Crippen LogP contribution in [-0.2, 0) is 0 Å². The van der Waals surface area contributed by atoms with Gasteiger partial charge in [-0.05, 0) is 44.6 Å². The highest BCUT2D eigenvalue weighted by molar-refractivity contribution is 5.99. The van der Waals surface area contributed by atoms with Crippen molar-refractivity contribution in [3.63, 3.8) is 0 Å². The third-order valence-electron chi connectivity index (χ3n) is 6.92. The van der Waals surface area contributed by atoms with Crippen molar-refractivity contribution in [3.05, 3.63) is 53.1 Å². The first-order chi connectivity index (χ1) is 15.5. The molecule has 5 rings (SSSR count). The Morgan fingerprint density at radius 2 is 1.81 bits per heavy atom. The molecule has 2 fully saturated rings. The van der Waals surface area contributed by atoms with Gasteiger partial charge in [-0.2, -0.15) is 0 Å². The number of carbonyl (C=O) groups is 2. The van der Waals surface area contributed by atoms with Gasteiger partial charge in [-0.15, -0.1) is 0 Å². The Kier molecular flexibility index (Phi) is 5.49. The van der Waals surface area contributed by atoms with Crippen molar-refractivity contribution in [2.75, 3.05) is 26.2 Å². The number of para-hydroxylation sites is 1. The van der Waals surface area contributed by atoms with Crippen molar-refractivity contribution in [2.24, 2.45) is 5.92 Å². The first-order valence-electron chi connectivity index (χ1n) is 11.5. The normalized spacial score (nSPS) is 20.1. The minimum Gasteiger partial charge on any atom is -0.451 e. The average Bonchev–Trinajstić information content (AvgIpc) is 3.44. The van der Waals surface area contributed by atoms with Crippen molar-refractivity contribution in [1.29, 1.82) is 0 Å². The Balaban J connectivity index is 1.23. The highest BCUT2D eigenvalue weighted by Gasteiger charge is 2.31. The van der Waals surface area contributed by atoms with E-state index in [1.165, 1.54) is 0 Å². The van der Waals surface area contributed by atoms with E-state index in [1.807, 2.05) is 41.0 Å². The van der Waals surface area contributed by atoms with Crippen LogP contribution in [0, 0.1) is 12.8 Å². The van der Waals surface area contributed by atoms with Gasteiger partial charge in [-0.25, -0.2) is 0 Å². The van der Waals surface area contributed by atoms with E-state index < -0.39 is 0 Å². The number of aryl methyl sites for hydroxylation is 1. The van der Waals surface area contributed by atoms with E-state index in [0.29, 0.717) is 30.5 Å². The van der Waals surface area contributed by atoms with Crippen LogP contribution in [0.2, 0.25) is 0 Å². The Morgan fingerprint density at radius 3 is 2.56 bits per heavy atom. The minimum absolute atomic E-state index is 0.0626. The van der Waals surface area contributed by atoms with Gasteiger partial charge in [-0.3, -0.25) is 9.59 Å². The maximum atomic E-state index is 13.1. The summed E-state index contributed by atoms with van der Waals surface area (Å²) in [6.45, 7) is 6.91. The van der Waals surface area contributed by atoms with E-state index in [1.54, 1.807) is 6.07 Å². The molecule has 0 spiro atoms. The second-order valence-electron chi connectivity index (χ2n) is 9.23. The molecule has 2 saturated heterocycles. The molecule has 4 heterocycles. The summed E-state index contributed by atoms with van der Waals surface area (Å²) >= 11 is 0. The molecule has 0 bridgehead atoms. The van der Waals surface area contributed by atoms with Crippen LogP contribution in [0.15, 0.2) is 39.3 Å². The summed E-state index contributed by atoms with van der Waals surface area (Å²) in [5.74, 6) is 1.32. The zero-order valence-electron chi connectivity index (χ0n) is 18.7. The molecule has 32 heavy (non-hydrogen) atoms. The summed E-state index contributed by atoms with van der Waals surface area (Å²) in [6.07, 6.45) is 3.76. The maximum absolute atomic E-state index is 13.1. The molecule has 0 N–H and O–H groups in total. The zero-order valence-corrected chi connectivity index (χ0v) is 18.7. The fourth-order valence-electron chi connectivity index (χ4n) is 5.01. The van der Waals surface area contributed by atoms with Crippen LogP contribution >= 0.6 is 0 Å². The van der Waals surface area contributed by atoms with Gasteiger partial charge >= 0.3 is 0 Å². The van der Waals surface area contributed by atoms with E-state index in [0.717, 1.165) is 61.0 Å². The van der Waals surface area contributed by atoms with Gasteiger partial charge < -0.3 is 18.7 Å². The fourth-order valence-corrected chi connectivity index (χ4v) is 5.01. The maximum Gasteiger partial charge on any atom is 0.292 e. The smallest absolute Gasteiger partial charge is 0.292 e. The number of hydrogen-bond acceptors (Lipinski definition) is 5. The molecule has 0 aliphatic carbocycles. The number of fused-ring (bicyclic) bond motifs is 1. The van der Waals surface area contributed by atoms with E-state index in [4.69, 9.17) is 8.94 Å². The van der Waals surface area contributed by atoms with Gasteiger partial charge in [0.05, 0.1) is 5.69 Å². The number of rotatable bonds is 3. The third kappa shape index (κ3) is 3.80. The molecule has 3 aromatic rings. The van der Waals surface area contributed by atoms with Crippen LogP contribution in [0.3, 0.4) is 0 Å². The summed E-state index contributed by atoms with van der Waals surface area (Å²) in [5.41, 5.74) is 2.44. The number of piperidine rings is 2. The largest absolute Gasteiger partial charge is 0.451 e. The average molecular weight is 436 g/mol. The molecule has 2 aromatic heterocycles. The quantitative estimate of drug-likeness (QED) is 0.600. The molecule has 168 valence electrons. The van der Waals surface area contributed by atoms with Gasteiger partial charge in [0.2, 0.25) is 5.76 Å². The van der Waals surface area contributed by atoms with Crippen LogP contribution in [-0.4, -0.2) is 52.9 Å². The molecule has 1 atom stereocenters. The van der Waals surface area contributed by atoms with Crippen molar-refractivity contribution < 1.29 is 18.5 Å². The second-order valence-corrected chi connectivity index (χ2v) is 9.23. The first-order valence-corrected chi connectivity index (χ1v) is 11.5. The minimum atomic E-state index is -0.0664. The monoisotopic (exact) mass is 435 g/mol. The lowest BCUT2D eigenvalue weighted by atomic mass is 9.93. The van der Waals surface area contributed by atoms with Crippen molar-refractivity contribution in [3.8, 4) is 0 Å². The molecule has 0 saturated carbocycles. The van der Waals surface area contributed by atoms with E-state index in [-0.39, 0.29) is 17.7 Å². The summed E-state index contributed by atoms with van der Waals surface area (Å²) < 4.78 is 11.3. The Labute approximate surface area is 187 Å². The number of hydrogen-bond donors (Lipinski definition) is 0. The van der Waals surface area contributed by atoms with Crippen LogP contribution < -0.4 is 0 Å². The number of nitrogens with zero attached hydrogens (tertiary/aromatic N) is 3. The lowest BCUT2D eigenvalue weighted by Gasteiger charge is -2.30. The zero-order chi connectivity index (χ0) is 22.2. The molecule has 2 amide bonds. The van der Waals surface area contributed by atoms with E-state index >= 15 is 0 Å². The van der Waals surface area contributed by atoms with Crippen molar-refractivity contribution in [2.45, 2.75) is 45.4 Å². The molecule has 0 radical (unpaired) electrons. The van der Waals surface area contributed by atoms with E-state index in [2.05, 4.69) is 12.1 Å². The predicted octanol–water partition coefficient (Wildman–Crippen LogP) is 4.62. The molecule has 1 aromatic carbocycles. The predicted molar refractivity (Wildman–Crippen MR) is 120 cm³/mol. The second kappa shape index (κ2) is 8.45. The Hall–Kier alpha value is -3.09. The Morgan fingerprint density at radius 1 is 1.03 bits per heavy atom. The van der Waals surface area contributed by atoms with Crippen LogP contribution in [0.5, 0.6) is 0 Å².